The summed E-state index contributed by atoms with van der Waals surface area (Å²) in [7, 11) is -0.172. The Morgan fingerprint density at radius 1 is 1.46 bits per heavy atom. The van der Waals surface area contributed by atoms with E-state index < -0.39 is 10.0 Å². The van der Waals surface area contributed by atoms with Crippen LogP contribution < -0.4 is 10.5 Å². The molecular formula is C6H15N3O3S. The number of likely N-dealkylation sites (N-methyl/N-ethyl adjacent to an activating group) is 1. The van der Waals surface area contributed by atoms with E-state index >= 15 is 0 Å². The van der Waals surface area contributed by atoms with Gasteiger partial charge in [0.25, 0.3) is 0 Å². The van der Waals surface area contributed by atoms with E-state index in [0.29, 0.717) is 0 Å². The Balaban J connectivity index is 3.53. The number of carbonyl (C=O) groups is 1. The number of amides is 1. The van der Waals surface area contributed by atoms with E-state index in [0.717, 1.165) is 0 Å². The highest BCUT2D eigenvalue weighted by molar-refractivity contribution is 7.89. The van der Waals surface area contributed by atoms with Crippen LogP contribution in [0.15, 0.2) is 0 Å². The molecule has 6 nitrogen and oxygen atoms in total. The summed E-state index contributed by atoms with van der Waals surface area (Å²) in [6, 6.07) is 0. The van der Waals surface area contributed by atoms with Gasteiger partial charge in [0.1, 0.15) is 0 Å². The average Bonchev–Trinajstić information content (AvgIpc) is 1.95. The summed E-state index contributed by atoms with van der Waals surface area (Å²) in [6.45, 7) is 0.320. The van der Waals surface area contributed by atoms with Crippen molar-refractivity contribution in [2.75, 3.05) is 32.9 Å². The Morgan fingerprint density at radius 2 is 2.00 bits per heavy atom. The minimum Gasteiger partial charge on any atom is -0.348 e. The molecule has 0 atom stereocenters. The van der Waals surface area contributed by atoms with Crippen molar-refractivity contribution in [1.29, 1.82) is 0 Å². The van der Waals surface area contributed by atoms with E-state index in [4.69, 9.17) is 5.14 Å². The predicted molar refractivity (Wildman–Crippen MR) is 49.5 cm³/mol. The van der Waals surface area contributed by atoms with Crippen molar-refractivity contribution in [3.63, 3.8) is 0 Å². The maximum atomic E-state index is 11.0. The second-order valence-electron chi connectivity index (χ2n) is 2.83. The zero-order valence-corrected chi connectivity index (χ0v) is 8.60. The molecule has 0 spiro atoms. The number of nitrogens with two attached hydrogens (primary N) is 1. The van der Waals surface area contributed by atoms with Crippen LogP contribution in [-0.4, -0.2) is 52.2 Å². The molecule has 0 radical (unpaired) electrons. The molecule has 7 heteroatoms. The summed E-state index contributed by atoms with van der Waals surface area (Å²) < 4.78 is 20.9. The quantitative estimate of drug-likeness (QED) is 0.510. The van der Waals surface area contributed by atoms with E-state index in [9.17, 15) is 13.2 Å². The third-order valence-corrected chi connectivity index (χ3v) is 2.11. The number of carbonyl (C=O) groups excluding carboxylic acids is 1. The summed E-state index contributed by atoms with van der Waals surface area (Å²) in [5.74, 6) is -0.261. The highest BCUT2D eigenvalue weighted by atomic mass is 32.2. The lowest BCUT2D eigenvalue weighted by atomic mass is 10.5. The van der Waals surface area contributed by atoms with Crippen molar-refractivity contribution >= 4 is 15.9 Å². The van der Waals surface area contributed by atoms with Gasteiger partial charge in [0.2, 0.25) is 15.9 Å². The molecule has 0 bridgehead atoms. The van der Waals surface area contributed by atoms with Gasteiger partial charge in [-0.25, -0.2) is 13.6 Å². The number of sulfonamides is 1. The molecule has 78 valence electrons. The standard InChI is InChI=1S/C6H15N3O3S/c1-9(2)6(10)5-8-3-4-13(7,11)12/h8H,3-5H2,1-2H3,(H2,7,11,12). The first-order chi connectivity index (χ1) is 5.83. The molecule has 0 aliphatic carbocycles. The van der Waals surface area contributed by atoms with Crippen LogP contribution in [0.1, 0.15) is 0 Å². The highest BCUT2D eigenvalue weighted by Gasteiger charge is 2.04. The Hall–Kier alpha value is -0.660. The van der Waals surface area contributed by atoms with Gasteiger partial charge in [-0.3, -0.25) is 4.79 Å². The Kier molecular flexibility index (Phi) is 4.89. The molecular weight excluding hydrogens is 194 g/mol. The molecule has 0 rings (SSSR count). The molecule has 13 heavy (non-hydrogen) atoms. The van der Waals surface area contributed by atoms with Crippen LogP contribution in [0.5, 0.6) is 0 Å². The van der Waals surface area contributed by atoms with E-state index in [-0.39, 0.29) is 24.7 Å². The molecule has 3 N–H and O–H groups in total. The molecule has 0 aliphatic rings. The Morgan fingerprint density at radius 3 is 2.38 bits per heavy atom. The molecule has 0 aromatic carbocycles. The topological polar surface area (TPSA) is 92.5 Å². The van der Waals surface area contributed by atoms with Gasteiger partial charge in [-0.1, -0.05) is 0 Å². The van der Waals surface area contributed by atoms with Gasteiger partial charge in [-0.05, 0) is 0 Å². The van der Waals surface area contributed by atoms with Crippen molar-refractivity contribution in [2.24, 2.45) is 5.14 Å². The average molecular weight is 209 g/mol. The monoisotopic (exact) mass is 209 g/mol. The van der Waals surface area contributed by atoms with E-state index in [1.807, 2.05) is 0 Å². The third kappa shape index (κ3) is 7.69. The summed E-state index contributed by atoms with van der Waals surface area (Å²) in [5, 5.41) is 7.42. The summed E-state index contributed by atoms with van der Waals surface area (Å²) >= 11 is 0. The van der Waals surface area contributed by atoms with Gasteiger partial charge >= 0.3 is 0 Å². The summed E-state index contributed by atoms with van der Waals surface area (Å²) in [6.07, 6.45) is 0. The van der Waals surface area contributed by atoms with Gasteiger partial charge < -0.3 is 10.2 Å². The van der Waals surface area contributed by atoms with Gasteiger partial charge in [0.05, 0.1) is 12.3 Å². The second kappa shape index (κ2) is 5.15. The van der Waals surface area contributed by atoms with E-state index in [1.165, 1.54) is 4.90 Å². The van der Waals surface area contributed by atoms with E-state index in [2.05, 4.69) is 5.32 Å². The predicted octanol–water partition coefficient (Wildman–Crippen LogP) is -2.05. The van der Waals surface area contributed by atoms with Crippen molar-refractivity contribution in [2.45, 2.75) is 0 Å². The van der Waals surface area contributed by atoms with Crippen molar-refractivity contribution in [1.82, 2.24) is 10.2 Å². The molecule has 0 heterocycles. The first-order valence-corrected chi connectivity index (χ1v) is 5.46. The number of hydrogen-bond acceptors (Lipinski definition) is 4. The highest BCUT2D eigenvalue weighted by Crippen LogP contribution is 1.77. The molecule has 0 fully saturated rings. The van der Waals surface area contributed by atoms with Crippen LogP contribution in [0.3, 0.4) is 0 Å². The van der Waals surface area contributed by atoms with Gasteiger partial charge in [-0.2, -0.15) is 0 Å². The smallest absolute Gasteiger partial charge is 0.236 e. The normalized spacial score (nSPS) is 11.3. The minimum absolute atomic E-state index is 0.102. The number of rotatable bonds is 5. The van der Waals surface area contributed by atoms with Crippen molar-refractivity contribution < 1.29 is 13.2 Å². The van der Waals surface area contributed by atoms with Gasteiger partial charge in [0, 0.05) is 20.6 Å². The third-order valence-electron chi connectivity index (χ3n) is 1.34. The van der Waals surface area contributed by atoms with Crippen LogP contribution in [0.4, 0.5) is 0 Å². The summed E-state index contributed by atoms with van der Waals surface area (Å²) in [4.78, 5) is 12.4. The largest absolute Gasteiger partial charge is 0.348 e. The maximum Gasteiger partial charge on any atom is 0.236 e. The zero-order chi connectivity index (χ0) is 10.5. The second-order valence-corrected chi connectivity index (χ2v) is 4.57. The minimum atomic E-state index is -3.43. The lowest BCUT2D eigenvalue weighted by molar-refractivity contribution is -0.127. The maximum absolute atomic E-state index is 11.0. The molecule has 0 saturated carbocycles. The van der Waals surface area contributed by atoms with E-state index in [1.54, 1.807) is 14.1 Å². The first kappa shape index (κ1) is 12.3. The summed E-state index contributed by atoms with van der Waals surface area (Å²) in [5.41, 5.74) is 0. The number of nitrogens with one attached hydrogen (secondary N) is 1. The molecule has 0 saturated heterocycles. The molecule has 1 amide bonds. The lowest BCUT2D eigenvalue weighted by Crippen LogP contribution is -2.36. The van der Waals surface area contributed by atoms with Crippen molar-refractivity contribution in [3.05, 3.63) is 0 Å². The molecule has 0 aromatic rings. The fourth-order valence-electron chi connectivity index (χ4n) is 0.568. The number of nitrogens with zero attached hydrogens (tertiary/aromatic N) is 1. The fourth-order valence-corrected chi connectivity index (χ4v) is 0.997. The lowest BCUT2D eigenvalue weighted by Gasteiger charge is -2.10. The van der Waals surface area contributed by atoms with Crippen molar-refractivity contribution in [3.8, 4) is 0 Å². The van der Waals surface area contributed by atoms with Crippen LogP contribution in [0.2, 0.25) is 0 Å². The Labute approximate surface area is 78.1 Å². The van der Waals surface area contributed by atoms with Crippen LogP contribution in [0, 0.1) is 0 Å². The van der Waals surface area contributed by atoms with Gasteiger partial charge in [0.15, 0.2) is 0 Å². The van der Waals surface area contributed by atoms with Gasteiger partial charge in [-0.15, -0.1) is 0 Å². The van der Waals surface area contributed by atoms with Crippen LogP contribution in [-0.2, 0) is 14.8 Å². The fraction of sp³-hybridized carbons (Fsp3) is 0.833. The molecule has 0 aromatic heterocycles. The number of hydrogen-bond donors (Lipinski definition) is 2. The SMILES string of the molecule is CN(C)C(=O)CNCCS(N)(=O)=O. The van der Waals surface area contributed by atoms with Crippen LogP contribution >= 0.6 is 0 Å². The zero-order valence-electron chi connectivity index (χ0n) is 7.78. The molecule has 0 unspecified atom stereocenters. The Bertz CT molecular complexity index is 260. The molecule has 0 aliphatic heterocycles. The first-order valence-electron chi connectivity index (χ1n) is 3.74. The van der Waals surface area contributed by atoms with Crippen LogP contribution in [0.25, 0.3) is 0 Å². The number of primary sulfonamides is 1.